The second-order valence-corrected chi connectivity index (χ2v) is 6.16. The van der Waals surface area contributed by atoms with Crippen LogP contribution < -0.4 is 10.9 Å². The summed E-state index contributed by atoms with van der Waals surface area (Å²) < 4.78 is 0. The molecular formula is C16H22O2. The van der Waals surface area contributed by atoms with E-state index in [-0.39, 0.29) is 10.9 Å². The van der Waals surface area contributed by atoms with Gasteiger partial charge in [0.2, 0.25) is 10.9 Å². The second-order valence-electron chi connectivity index (χ2n) is 6.16. The Morgan fingerprint density at radius 3 is 1.22 bits per heavy atom. The van der Waals surface area contributed by atoms with Crippen LogP contribution in [0.2, 0.25) is 0 Å². The van der Waals surface area contributed by atoms with E-state index in [9.17, 15) is 9.59 Å². The zero-order chi connectivity index (χ0) is 12.5. The molecule has 3 rings (SSSR count). The van der Waals surface area contributed by atoms with Crippen LogP contribution in [0.4, 0.5) is 0 Å². The van der Waals surface area contributed by atoms with E-state index in [1.807, 2.05) is 0 Å². The first kappa shape index (κ1) is 12.1. The molecule has 18 heavy (non-hydrogen) atoms. The topological polar surface area (TPSA) is 34.1 Å². The lowest BCUT2D eigenvalue weighted by Crippen LogP contribution is -2.43. The molecule has 0 heterocycles. The predicted molar refractivity (Wildman–Crippen MR) is 73.0 cm³/mol. The molecule has 0 bridgehead atoms. The van der Waals surface area contributed by atoms with Crippen molar-refractivity contribution in [3.05, 3.63) is 31.6 Å². The first-order valence-corrected chi connectivity index (χ1v) is 7.62. The van der Waals surface area contributed by atoms with E-state index in [2.05, 4.69) is 0 Å². The summed E-state index contributed by atoms with van der Waals surface area (Å²) in [6.45, 7) is 0. The van der Waals surface area contributed by atoms with E-state index in [1.54, 1.807) is 0 Å². The van der Waals surface area contributed by atoms with Crippen LogP contribution in [0, 0.1) is 0 Å². The number of hydrogen-bond acceptors (Lipinski definition) is 2. The summed E-state index contributed by atoms with van der Waals surface area (Å²) in [7, 11) is 0. The summed E-state index contributed by atoms with van der Waals surface area (Å²) in [6.07, 6.45) is 12.0. The monoisotopic (exact) mass is 246 g/mol. The van der Waals surface area contributed by atoms with Crippen LogP contribution in [0.5, 0.6) is 0 Å². The van der Waals surface area contributed by atoms with Crippen LogP contribution in [0.1, 0.15) is 87.2 Å². The van der Waals surface area contributed by atoms with Crippen molar-refractivity contribution in [1.82, 2.24) is 0 Å². The van der Waals surface area contributed by atoms with Gasteiger partial charge in [0.15, 0.2) is 0 Å². The van der Waals surface area contributed by atoms with Crippen molar-refractivity contribution in [2.45, 2.75) is 76.0 Å². The molecule has 1 aromatic rings. The molecule has 2 heteroatoms. The summed E-state index contributed by atoms with van der Waals surface area (Å²) >= 11 is 0. The van der Waals surface area contributed by atoms with Crippen LogP contribution in [-0.4, -0.2) is 0 Å². The molecule has 0 aliphatic heterocycles. The van der Waals surface area contributed by atoms with Crippen LogP contribution >= 0.6 is 0 Å². The minimum Gasteiger partial charge on any atom is -0.285 e. The molecule has 0 aromatic heterocycles. The Kier molecular flexibility index (Phi) is 3.36. The normalized spacial score (nSPS) is 23.6. The molecule has 2 nitrogen and oxygen atoms in total. The zero-order valence-corrected chi connectivity index (χ0v) is 11.0. The summed E-state index contributed by atoms with van der Waals surface area (Å²) in [6, 6.07) is 0. The maximum absolute atomic E-state index is 11.9. The van der Waals surface area contributed by atoms with Gasteiger partial charge < -0.3 is 0 Å². The Labute approximate surface area is 108 Å². The maximum Gasteiger partial charge on any atom is 0.229 e. The Bertz CT molecular complexity index is 436. The molecule has 0 amide bonds. The van der Waals surface area contributed by atoms with Crippen molar-refractivity contribution >= 4 is 0 Å². The van der Waals surface area contributed by atoms with E-state index in [1.165, 1.54) is 38.5 Å². The molecule has 0 spiro atoms. The van der Waals surface area contributed by atoms with Gasteiger partial charge in [-0.05, 0) is 37.5 Å². The molecule has 0 unspecified atom stereocenters. The minimum absolute atomic E-state index is 0.137. The first-order valence-electron chi connectivity index (χ1n) is 7.62. The maximum atomic E-state index is 11.9. The van der Waals surface area contributed by atoms with E-state index in [0.29, 0.717) is 11.8 Å². The molecule has 98 valence electrons. The highest BCUT2D eigenvalue weighted by Crippen LogP contribution is 2.38. The Morgan fingerprint density at radius 2 is 0.889 bits per heavy atom. The molecule has 2 aliphatic rings. The van der Waals surface area contributed by atoms with Gasteiger partial charge in [-0.25, -0.2) is 0 Å². The highest BCUT2D eigenvalue weighted by molar-refractivity contribution is 5.39. The van der Waals surface area contributed by atoms with Crippen LogP contribution in [0.25, 0.3) is 0 Å². The molecule has 0 atom stereocenters. The standard InChI is InChI=1S/C16H22O2/c17-15-13(11-7-3-1-4-8-11)14(16(15)18)12-9-5-2-6-10-12/h11-12H,1-10H2. The van der Waals surface area contributed by atoms with Crippen molar-refractivity contribution in [1.29, 1.82) is 0 Å². The van der Waals surface area contributed by atoms with Gasteiger partial charge in [0, 0.05) is 11.1 Å². The molecule has 0 saturated heterocycles. The zero-order valence-electron chi connectivity index (χ0n) is 11.0. The van der Waals surface area contributed by atoms with Crippen molar-refractivity contribution in [2.75, 3.05) is 0 Å². The lowest BCUT2D eigenvalue weighted by molar-refractivity contribution is 0.410. The van der Waals surface area contributed by atoms with Crippen molar-refractivity contribution < 1.29 is 0 Å². The Balaban J connectivity index is 1.87. The van der Waals surface area contributed by atoms with E-state index in [0.717, 1.165) is 36.8 Å². The third-order valence-corrected chi connectivity index (χ3v) is 5.01. The van der Waals surface area contributed by atoms with Crippen LogP contribution in [-0.2, 0) is 0 Å². The fourth-order valence-corrected chi connectivity index (χ4v) is 4.02. The molecular weight excluding hydrogens is 224 g/mol. The fraction of sp³-hybridized carbons (Fsp3) is 0.750. The third-order valence-electron chi connectivity index (χ3n) is 5.01. The van der Waals surface area contributed by atoms with Crippen molar-refractivity contribution in [2.24, 2.45) is 0 Å². The van der Waals surface area contributed by atoms with Crippen molar-refractivity contribution in [3.8, 4) is 0 Å². The second kappa shape index (κ2) is 4.99. The molecule has 2 fully saturated rings. The van der Waals surface area contributed by atoms with E-state index < -0.39 is 0 Å². The van der Waals surface area contributed by atoms with Gasteiger partial charge in [-0.1, -0.05) is 38.5 Å². The molecule has 1 aromatic carbocycles. The smallest absolute Gasteiger partial charge is 0.229 e. The van der Waals surface area contributed by atoms with Crippen molar-refractivity contribution in [3.63, 3.8) is 0 Å². The minimum atomic E-state index is -0.137. The Morgan fingerprint density at radius 1 is 0.556 bits per heavy atom. The van der Waals surface area contributed by atoms with E-state index >= 15 is 0 Å². The summed E-state index contributed by atoms with van der Waals surface area (Å²) in [5.74, 6) is 0.835. The average Bonchev–Trinajstić information content (AvgIpc) is 2.45. The molecule has 2 aliphatic carbocycles. The van der Waals surface area contributed by atoms with Gasteiger partial charge in [-0.15, -0.1) is 0 Å². The highest BCUT2D eigenvalue weighted by Gasteiger charge is 2.33. The van der Waals surface area contributed by atoms with E-state index in [4.69, 9.17) is 0 Å². The summed E-state index contributed by atoms with van der Waals surface area (Å²) in [5, 5.41) is 0. The first-order chi connectivity index (χ1) is 8.79. The largest absolute Gasteiger partial charge is 0.285 e. The van der Waals surface area contributed by atoms with Crippen LogP contribution in [0.3, 0.4) is 0 Å². The SMILES string of the molecule is O=c1c(C2CCCCC2)c(C2CCCCC2)c1=O. The number of rotatable bonds is 2. The lowest BCUT2D eigenvalue weighted by Gasteiger charge is -2.30. The lowest BCUT2D eigenvalue weighted by atomic mass is 9.73. The van der Waals surface area contributed by atoms with Gasteiger partial charge >= 0.3 is 0 Å². The third kappa shape index (κ3) is 1.96. The van der Waals surface area contributed by atoms with Gasteiger partial charge in [-0.3, -0.25) is 9.59 Å². The molecule has 0 N–H and O–H groups in total. The molecule has 2 saturated carbocycles. The van der Waals surface area contributed by atoms with Gasteiger partial charge in [0.1, 0.15) is 0 Å². The quantitative estimate of drug-likeness (QED) is 0.750. The molecule has 0 radical (unpaired) electrons. The fourth-order valence-electron chi connectivity index (χ4n) is 4.02. The Hall–Kier alpha value is -0.920. The van der Waals surface area contributed by atoms with Gasteiger partial charge in [-0.2, -0.15) is 0 Å². The summed E-state index contributed by atoms with van der Waals surface area (Å²) in [4.78, 5) is 23.8. The van der Waals surface area contributed by atoms with Crippen LogP contribution in [0.15, 0.2) is 9.59 Å². The predicted octanol–water partition coefficient (Wildman–Crippen LogP) is 3.38. The highest BCUT2D eigenvalue weighted by atomic mass is 16.2. The summed E-state index contributed by atoms with van der Waals surface area (Å²) in [5.41, 5.74) is 1.66. The van der Waals surface area contributed by atoms with Gasteiger partial charge in [0.05, 0.1) is 0 Å². The average molecular weight is 246 g/mol. The number of hydrogen-bond donors (Lipinski definition) is 0. The van der Waals surface area contributed by atoms with Gasteiger partial charge in [0.25, 0.3) is 0 Å².